The van der Waals surface area contributed by atoms with Crippen LogP contribution in [0.2, 0.25) is 0 Å². The molecule has 1 amide bonds. The number of amides is 1. The summed E-state index contributed by atoms with van der Waals surface area (Å²) in [5.41, 5.74) is 1.04. The Morgan fingerprint density at radius 2 is 1.54 bits per heavy atom. The predicted octanol–water partition coefficient (Wildman–Crippen LogP) is 4.60. The van der Waals surface area contributed by atoms with Gasteiger partial charge in [-0.1, -0.05) is 48.5 Å². The number of pyridine rings is 1. The molecule has 3 aromatic carbocycles. The van der Waals surface area contributed by atoms with E-state index in [9.17, 15) is 14.0 Å². The molecule has 0 saturated heterocycles. The number of rotatable bonds is 3. The molecule has 4 rings (SSSR count). The highest BCUT2D eigenvalue weighted by Crippen LogP contribution is 2.30. The number of aromatic nitrogens is 1. The summed E-state index contributed by atoms with van der Waals surface area (Å²) in [6.07, 6.45) is 0. The molecule has 0 bridgehead atoms. The van der Waals surface area contributed by atoms with Crippen molar-refractivity contribution in [2.24, 2.45) is 7.05 Å². The van der Waals surface area contributed by atoms with Gasteiger partial charge in [-0.15, -0.1) is 0 Å². The van der Waals surface area contributed by atoms with E-state index in [2.05, 4.69) is 5.32 Å². The number of halogens is 1. The third kappa shape index (κ3) is 2.97. The number of carbonyl (C=O) groups is 1. The lowest BCUT2D eigenvalue weighted by Crippen LogP contribution is -2.21. The smallest absolute Gasteiger partial charge is 0.256 e. The molecule has 4 aromatic rings. The van der Waals surface area contributed by atoms with E-state index >= 15 is 0 Å². The van der Waals surface area contributed by atoms with Crippen LogP contribution < -0.4 is 10.7 Å². The minimum absolute atomic E-state index is 0.128. The molecule has 0 saturated carbocycles. The van der Waals surface area contributed by atoms with Crippen LogP contribution >= 0.6 is 0 Å². The van der Waals surface area contributed by atoms with Crippen molar-refractivity contribution in [3.05, 3.63) is 100 Å². The van der Waals surface area contributed by atoms with E-state index in [1.165, 1.54) is 6.07 Å². The van der Waals surface area contributed by atoms with E-state index in [4.69, 9.17) is 0 Å². The molecule has 1 aromatic heterocycles. The number of benzene rings is 3. The van der Waals surface area contributed by atoms with Crippen molar-refractivity contribution < 1.29 is 9.18 Å². The van der Waals surface area contributed by atoms with Crippen LogP contribution in [-0.2, 0) is 7.05 Å². The number of nitrogens with zero attached hydrogens (tertiary/aromatic N) is 1. The van der Waals surface area contributed by atoms with E-state index in [1.807, 2.05) is 12.1 Å². The zero-order valence-electron chi connectivity index (χ0n) is 15.1. The normalized spacial score (nSPS) is 10.8. The van der Waals surface area contributed by atoms with Gasteiger partial charge in [-0.25, -0.2) is 4.39 Å². The Kier molecular flexibility index (Phi) is 4.49. The van der Waals surface area contributed by atoms with Gasteiger partial charge >= 0.3 is 0 Å². The van der Waals surface area contributed by atoms with E-state index < -0.39 is 5.82 Å². The number of carbonyl (C=O) groups excluding carboxylic acids is 1. The van der Waals surface area contributed by atoms with E-state index in [1.54, 1.807) is 72.3 Å². The standard InChI is InChI=1S/C23H17FN2O2/c1-26-19-14-8-6-12-17(19)21(27)20(16-11-5-7-13-18(16)24)22(26)25-23(28)15-9-3-2-4-10-15/h2-14H,1H3,(H,25,28). The zero-order valence-corrected chi connectivity index (χ0v) is 15.1. The minimum atomic E-state index is -0.523. The molecule has 0 radical (unpaired) electrons. The summed E-state index contributed by atoms with van der Waals surface area (Å²) in [5.74, 6) is -0.642. The highest BCUT2D eigenvalue weighted by atomic mass is 19.1. The highest BCUT2D eigenvalue weighted by Gasteiger charge is 2.21. The molecule has 0 aliphatic carbocycles. The van der Waals surface area contributed by atoms with E-state index in [-0.39, 0.29) is 28.3 Å². The Morgan fingerprint density at radius 1 is 0.893 bits per heavy atom. The molecule has 0 spiro atoms. The molecule has 5 heteroatoms. The Bertz CT molecular complexity index is 1250. The summed E-state index contributed by atoms with van der Waals surface area (Å²) in [5, 5.41) is 3.27. The fourth-order valence-corrected chi connectivity index (χ4v) is 3.32. The first-order valence-corrected chi connectivity index (χ1v) is 8.81. The van der Waals surface area contributed by atoms with Crippen molar-refractivity contribution in [2.45, 2.75) is 0 Å². The predicted molar refractivity (Wildman–Crippen MR) is 109 cm³/mol. The van der Waals surface area contributed by atoms with Crippen molar-refractivity contribution >= 4 is 22.6 Å². The van der Waals surface area contributed by atoms with Crippen LogP contribution in [0.1, 0.15) is 10.4 Å². The van der Waals surface area contributed by atoms with Crippen LogP contribution in [0.3, 0.4) is 0 Å². The van der Waals surface area contributed by atoms with Crippen LogP contribution in [0.25, 0.3) is 22.0 Å². The monoisotopic (exact) mass is 372 g/mol. The first-order chi connectivity index (χ1) is 13.6. The maximum atomic E-state index is 14.6. The van der Waals surface area contributed by atoms with Crippen molar-refractivity contribution in [3.63, 3.8) is 0 Å². The molecule has 0 aliphatic rings. The molecule has 4 nitrogen and oxygen atoms in total. The maximum absolute atomic E-state index is 14.6. The number of hydrogen-bond donors (Lipinski definition) is 1. The third-order valence-electron chi connectivity index (χ3n) is 4.72. The van der Waals surface area contributed by atoms with Crippen molar-refractivity contribution in [1.29, 1.82) is 0 Å². The second-order valence-corrected chi connectivity index (χ2v) is 6.43. The zero-order chi connectivity index (χ0) is 19.7. The summed E-state index contributed by atoms with van der Waals surface area (Å²) in [7, 11) is 1.74. The van der Waals surface area contributed by atoms with Gasteiger partial charge in [0, 0.05) is 23.6 Å². The van der Waals surface area contributed by atoms with Gasteiger partial charge in [0.25, 0.3) is 5.91 Å². The number of anilines is 1. The van der Waals surface area contributed by atoms with Crippen LogP contribution in [0.5, 0.6) is 0 Å². The van der Waals surface area contributed by atoms with E-state index in [0.717, 1.165) is 0 Å². The lowest BCUT2D eigenvalue weighted by molar-refractivity contribution is 0.102. The number of nitrogens with one attached hydrogen (secondary N) is 1. The second-order valence-electron chi connectivity index (χ2n) is 6.43. The van der Waals surface area contributed by atoms with Gasteiger partial charge in [-0.3, -0.25) is 9.59 Å². The Hall–Kier alpha value is -3.73. The highest BCUT2D eigenvalue weighted by molar-refractivity contribution is 6.06. The Labute approximate surface area is 160 Å². The number of aryl methyl sites for hydroxylation is 1. The number of hydrogen-bond acceptors (Lipinski definition) is 2. The molecular weight excluding hydrogens is 355 g/mol. The topological polar surface area (TPSA) is 51.1 Å². The van der Waals surface area contributed by atoms with Gasteiger partial charge in [0.2, 0.25) is 0 Å². The van der Waals surface area contributed by atoms with Gasteiger partial charge in [-0.2, -0.15) is 0 Å². The first-order valence-electron chi connectivity index (χ1n) is 8.81. The van der Waals surface area contributed by atoms with Crippen LogP contribution in [0.4, 0.5) is 10.2 Å². The molecule has 0 atom stereocenters. The average molecular weight is 372 g/mol. The molecule has 0 unspecified atom stereocenters. The lowest BCUT2D eigenvalue weighted by atomic mass is 10.0. The Balaban J connectivity index is 2.00. The van der Waals surface area contributed by atoms with E-state index in [0.29, 0.717) is 16.5 Å². The second kappa shape index (κ2) is 7.12. The Morgan fingerprint density at radius 3 is 2.29 bits per heavy atom. The summed E-state index contributed by atoms with van der Waals surface area (Å²) in [6, 6.07) is 21.8. The quantitative estimate of drug-likeness (QED) is 0.572. The summed E-state index contributed by atoms with van der Waals surface area (Å²) >= 11 is 0. The SMILES string of the molecule is Cn1c(NC(=O)c2ccccc2)c(-c2ccccc2F)c(=O)c2ccccc21. The molecular formula is C23H17FN2O2. The van der Waals surface area contributed by atoms with Crippen molar-refractivity contribution in [2.75, 3.05) is 5.32 Å². The van der Waals surface area contributed by atoms with Crippen LogP contribution in [0.15, 0.2) is 83.7 Å². The minimum Gasteiger partial charge on any atom is -0.330 e. The van der Waals surface area contributed by atoms with Crippen LogP contribution in [0, 0.1) is 5.82 Å². The van der Waals surface area contributed by atoms with Gasteiger partial charge < -0.3 is 9.88 Å². The number of para-hydroxylation sites is 1. The van der Waals surface area contributed by atoms with Gasteiger partial charge in [0.15, 0.2) is 5.43 Å². The molecule has 1 heterocycles. The van der Waals surface area contributed by atoms with Gasteiger partial charge in [0.05, 0.1) is 11.1 Å². The average Bonchev–Trinajstić information content (AvgIpc) is 2.73. The van der Waals surface area contributed by atoms with Crippen LogP contribution in [-0.4, -0.2) is 10.5 Å². The summed E-state index contributed by atoms with van der Waals surface area (Å²) in [6.45, 7) is 0. The molecule has 28 heavy (non-hydrogen) atoms. The maximum Gasteiger partial charge on any atom is 0.256 e. The fraction of sp³-hybridized carbons (Fsp3) is 0.0435. The third-order valence-corrected chi connectivity index (χ3v) is 4.72. The van der Waals surface area contributed by atoms with Gasteiger partial charge in [-0.05, 0) is 30.3 Å². The molecule has 0 fully saturated rings. The van der Waals surface area contributed by atoms with Crippen molar-refractivity contribution in [1.82, 2.24) is 4.57 Å². The summed E-state index contributed by atoms with van der Waals surface area (Å²) < 4.78 is 16.3. The molecule has 0 aliphatic heterocycles. The molecule has 1 N–H and O–H groups in total. The number of fused-ring (bicyclic) bond motifs is 1. The largest absolute Gasteiger partial charge is 0.330 e. The summed E-state index contributed by atoms with van der Waals surface area (Å²) in [4.78, 5) is 26.0. The lowest BCUT2D eigenvalue weighted by Gasteiger charge is -2.18. The fourth-order valence-electron chi connectivity index (χ4n) is 3.32. The van der Waals surface area contributed by atoms with Crippen molar-refractivity contribution in [3.8, 4) is 11.1 Å². The molecule has 138 valence electrons. The first kappa shape index (κ1) is 17.7. The van der Waals surface area contributed by atoms with Gasteiger partial charge in [0.1, 0.15) is 11.6 Å².